The maximum atomic E-state index is 8.61. The molecule has 0 amide bonds. The Labute approximate surface area is 72.4 Å². The molecule has 0 aliphatic rings. The molecule has 0 fully saturated rings. The van der Waals surface area contributed by atoms with Crippen molar-refractivity contribution in [2.75, 3.05) is 7.11 Å². The van der Waals surface area contributed by atoms with Crippen molar-refractivity contribution in [2.45, 2.75) is 12.5 Å². The molecular formula is C10H11NO. The molecule has 1 aromatic rings. The summed E-state index contributed by atoms with van der Waals surface area (Å²) in [5, 5.41) is 8.61. The molecule has 12 heavy (non-hydrogen) atoms. The van der Waals surface area contributed by atoms with Crippen LogP contribution in [-0.4, -0.2) is 13.2 Å². The van der Waals surface area contributed by atoms with E-state index in [1.807, 2.05) is 30.3 Å². The summed E-state index contributed by atoms with van der Waals surface area (Å²) in [4.78, 5) is 0. The highest BCUT2D eigenvalue weighted by molar-refractivity contribution is 5.16. The van der Waals surface area contributed by atoms with Crippen LogP contribution in [0.15, 0.2) is 30.3 Å². The lowest BCUT2D eigenvalue weighted by molar-refractivity contribution is 0.147. The number of hydrogen-bond donors (Lipinski definition) is 0. The van der Waals surface area contributed by atoms with Crippen LogP contribution in [0.2, 0.25) is 0 Å². The van der Waals surface area contributed by atoms with Crippen molar-refractivity contribution in [3.63, 3.8) is 0 Å². The first-order valence-electron chi connectivity index (χ1n) is 3.83. The van der Waals surface area contributed by atoms with E-state index in [9.17, 15) is 0 Å². The first-order chi connectivity index (χ1) is 5.86. The van der Waals surface area contributed by atoms with Gasteiger partial charge in [0.1, 0.15) is 6.10 Å². The largest absolute Gasteiger partial charge is 0.366 e. The van der Waals surface area contributed by atoms with Crippen molar-refractivity contribution in [2.24, 2.45) is 0 Å². The monoisotopic (exact) mass is 161 g/mol. The van der Waals surface area contributed by atoms with Gasteiger partial charge in [0, 0.05) is 13.5 Å². The number of nitriles is 1. The smallest absolute Gasteiger partial charge is 0.147 e. The minimum atomic E-state index is -0.326. The number of rotatable bonds is 3. The molecule has 0 heterocycles. The van der Waals surface area contributed by atoms with E-state index in [1.165, 1.54) is 0 Å². The summed E-state index contributed by atoms with van der Waals surface area (Å²) in [6, 6.07) is 11.9. The zero-order valence-electron chi connectivity index (χ0n) is 7.03. The van der Waals surface area contributed by atoms with Crippen LogP contribution in [0.4, 0.5) is 0 Å². The third-order valence-electron chi connectivity index (χ3n) is 1.69. The van der Waals surface area contributed by atoms with Crippen molar-refractivity contribution in [1.82, 2.24) is 0 Å². The molecule has 1 atom stereocenters. The molecular weight excluding hydrogens is 150 g/mol. The molecule has 1 aromatic carbocycles. The number of benzene rings is 1. The van der Waals surface area contributed by atoms with Crippen LogP contribution < -0.4 is 0 Å². The molecule has 1 unspecified atom stereocenters. The van der Waals surface area contributed by atoms with Gasteiger partial charge in [0.05, 0.1) is 6.07 Å². The van der Waals surface area contributed by atoms with E-state index >= 15 is 0 Å². The lowest BCUT2D eigenvalue weighted by atomic mass is 10.1. The van der Waals surface area contributed by atoms with Crippen LogP contribution in [0.1, 0.15) is 5.56 Å². The lowest BCUT2D eigenvalue weighted by Crippen LogP contribution is -2.10. The highest BCUT2D eigenvalue weighted by Crippen LogP contribution is 2.03. The zero-order valence-corrected chi connectivity index (χ0v) is 7.03. The molecule has 62 valence electrons. The number of hydrogen-bond acceptors (Lipinski definition) is 2. The molecule has 0 saturated heterocycles. The van der Waals surface area contributed by atoms with Crippen LogP contribution in [0, 0.1) is 11.3 Å². The van der Waals surface area contributed by atoms with Gasteiger partial charge >= 0.3 is 0 Å². The maximum Gasteiger partial charge on any atom is 0.147 e. The van der Waals surface area contributed by atoms with Crippen LogP contribution in [0.3, 0.4) is 0 Å². The van der Waals surface area contributed by atoms with Crippen molar-refractivity contribution < 1.29 is 4.74 Å². The quantitative estimate of drug-likeness (QED) is 0.676. The first-order valence-corrected chi connectivity index (χ1v) is 3.83. The van der Waals surface area contributed by atoms with Gasteiger partial charge in [-0.1, -0.05) is 30.3 Å². The predicted molar refractivity (Wildman–Crippen MR) is 46.6 cm³/mol. The third kappa shape index (κ3) is 2.37. The maximum absolute atomic E-state index is 8.61. The number of methoxy groups -OCH3 is 1. The molecule has 0 N–H and O–H groups in total. The van der Waals surface area contributed by atoms with Gasteiger partial charge in [-0.25, -0.2) is 0 Å². The molecule has 0 aliphatic heterocycles. The van der Waals surface area contributed by atoms with Gasteiger partial charge in [-0.2, -0.15) is 5.26 Å². The number of nitrogens with zero attached hydrogens (tertiary/aromatic N) is 1. The van der Waals surface area contributed by atoms with E-state index in [1.54, 1.807) is 7.11 Å². The molecule has 0 radical (unpaired) electrons. The fourth-order valence-corrected chi connectivity index (χ4v) is 1.01. The fourth-order valence-electron chi connectivity index (χ4n) is 1.01. The van der Waals surface area contributed by atoms with E-state index in [-0.39, 0.29) is 6.10 Å². The molecule has 0 aliphatic carbocycles. The fraction of sp³-hybridized carbons (Fsp3) is 0.300. The second kappa shape index (κ2) is 4.53. The normalized spacial score (nSPS) is 12.0. The Morgan fingerprint density at radius 3 is 2.58 bits per heavy atom. The molecule has 0 saturated carbocycles. The Bertz CT molecular complexity index is 263. The average molecular weight is 161 g/mol. The van der Waals surface area contributed by atoms with Gasteiger partial charge in [0.2, 0.25) is 0 Å². The van der Waals surface area contributed by atoms with Gasteiger partial charge in [0.15, 0.2) is 0 Å². The Morgan fingerprint density at radius 1 is 1.42 bits per heavy atom. The van der Waals surface area contributed by atoms with Crippen LogP contribution in [0.5, 0.6) is 0 Å². The molecule has 2 nitrogen and oxygen atoms in total. The summed E-state index contributed by atoms with van der Waals surface area (Å²) < 4.78 is 4.94. The first kappa shape index (κ1) is 8.76. The summed E-state index contributed by atoms with van der Waals surface area (Å²) >= 11 is 0. The van der Waals surface area contributed by atoms with Crippen molar-refractivity contribution in [1.29, 1.82) is 5.26 Å². The van der Waals surface area contributed by atoms with E-state index in [2.05, 4.69) is 6.07 Å². The summed E-state index contributed by atoms with van der Waals surface area (Å²) in [6.45, 7) is 0. The van der Waals surface area contributed by atoms with Gasteiger partial charge < -0.3 is 4.74 Å². The highest BCUT2D eigenvalue weighted by atomic mass is 16.5. The second-order valence-corrected chi connectivity index (χ2v) is 2.54. The summed E-state index contributed by atoms with van der Waals surface area (Å²) in [6.07, 6.45) is 0.334. The Kier molecular flexibility index (Phi) is 3.31. The van der Waals surface area contributed by atoms with Crippen molar-refractivity contribution in [3.8, 4) is 6.07 Å². The SMILES string of the molecule is COC(C#N)Cc1ccccc1. The standard InChI is InChI=1S/C10H11NO/c1-12-10(8-11)7-9-5-3-2-4-6-9/h2-6,10H,7H2,1H3. The van der Waals surface area contributed by atoms with Gasteiger partial charge in [-0.05, 0) is 5.56 Å². The van der Waals surface area contributed by atoms with E-state index in [0.717, 1.165) is 5.56 Å². The summed E-state index contributed by atoms with van der Waals surface area (Å²) in [5.41, 5.74) is 1.13. The highest BCUT2D eigenvalue weighted by Gasteiger charge is 2.04. The molecule has 1 rings (SSSR count). The number of ether oxygens (including phenoxy) is 1. The van der Waals surface area contributed by atoms with Crippen LogP contribution in [0.25, 0.3) is 0 Å². The van der Waals surface area contributed by atoms with Gasteiger partial charge in [-0.3, -0.25) is 0 Å². The summed E-state index contributed by atoms with van der Waals surface area (Å²) in [5.74, 6) is 0. The van der Waals surface area contributed by atoms with Crippen molar-refractivity contribution >= 4 is 0 Å². The Morgan fingerprint density at radius 2 is 2.08 bits per heavy atom. The van der Waals surface area contributed by atoms with E-state index < -0.39 is 0 Å². The van der Waals surface area contributed by atoms with Crippen molar-refractivity contribution in [3.05, 3.63) is 35.9 Å². The lowest BCUT2D eigenvalue weighted by Gasteiger charge is -2.05. The zero-order chi connectivity index (χ0) is 8.81. The van der Waals surface area contributed by atoms with E-state index in [0.29, 0.717) is 6.42 Å². The third-order valence-corrected chi connectivity index (χ3v) is 1.69. The second-order valence-electron chi connectivity index (χ2n) is 2.54. The predicted octanol–water partition coefficient (Wildman–Crippen LogP) is 1.77. The van der Waals surface area contributed by atoms with Crippen LogP contribution >= 0.6 is 0 Å². The molecule has 0 bridgehead atoms. The average Bonchev–Trinajstić information content (AvgIpc) is 2.16. The summed E-state index contributed by atoms with van der Waals surface area (Å²) in [7, 11) is 1.55. The minimum Gasteiger partial charge on any atom is -0.366 e. The molecule has 0 aromatic heterocycles. The Balaban J connectivity index is 2.58. The topological polar surface area (TPSA) is 33.0 Å². The Hall–Kier alpha value is -1.33. The van der Waals surface area contributed by atoms with Crippen LogP contribution in [-0.2, 0) is 11.2 Å². The molecule has 2 heteroatoms. The van der Waals surface area contributed by atoms with E-state index in [4.69, 9.17) is 10.00 Å². The molecule has 0 spiro atoms. The van der Waals surface area contributed by atoms with Gasteiger partial charge in [-0.15, -0.1) is 0 Å². The minimum absolute atomic E-state index is 0.326. The van der Waals surface area contributed by atoms with Gasteiger partial charge in [0.25, 0.3) is 0 Å².